The Hall–Kier alpha value is -1.98. The maximum Gasteiger partial charge on any atom is 0.410 e. The lowest BCUT2D eigenvalue weighted by Crippen LogP contribution is -2.50. The second-order valence-corrected chi connectivity index (χ2v) is 5.75. The lowest BCUT2D eigenvalue weighted by Gasteiger charge is -2.35. The molecule has 110 valence electrons. The van der Waals surface area contributed by atoms with E-state index in [1.807, 2.05) is 25.7 Å². The van der Waals surface area contributed by atoms with Crippen molar-refractivity contribution >= 4 is 18.3 Å². The first-order valence-electron chi connectivity index (χ1n) is 6.67. The number of rotatable bonds is 2. The second-order valence-electron chi connectivity index (χ2n) is 5.75. The summed E-state index contributed by atoms with van der Waals surface area (Å²) in [4.78, 5) is 26.2. The summed E-state index contributed by atoms with van der Waals surface area (Å²) in [5.74, 6) is 0.977. The van der Waals surface area contributed by atoms with E-state index in [0.717, 1.165) is 0 Å². The third kappa shape index (κ3) is 3.53. The van der Waals surface area contributed by atoms with Crippen molar-refractivity contribution in [2.75, 3.05) is 31.1 Å². The van der Waals surface area contributed by atoms with Crippen LogP contribution in [0.25, 0.3) is 0 Å². The van der Waals surface area contributed by atoms with E-state index in [2.05, 4.69) is 0 Å². The molecular formula is C14H20N2O4. The molecule has 0 N–H and O–H groups in total. The van der Waals surface area contributed by atoms with Crippen molar-refractivity contribution in [3.05, 3.63) is 17.9 Å². The van der Waals surface area contributed by atoms with Crippen molar-refractivity contribution < 1.29 is 18.7 Å². The molecule has 0 radical (unpaired) electrons. The first-order valence-corrected chi connectivity index (χ1v) is 6.67. The average Bonchev–Trinajstić information content (AvgIpc) is 2.85. The van der Waals surface area contributed by atoms with E-state index in [0.29, 0.717) is 44.1 Å². The standard InChI is InChI=1S/C14H20N2O4/c1-14(2,3)20-13(18)16-8-6-15(7-9-16)12-5-4-11(10-17)19-12/h4-5,10H,6-9H2,1-3H3. The SMILES string of the molecule is CC(C)(C)OC(=O)N1CCN(c2ccc(C=O)o2)CC1. The first-order chi connectivity index (χ1) is 9.39. The zero-order valence-corrected chi connectivity index (χ0v) is 12.1. The van der Waals surface area contributed by atoms with Gasteiger partial charge in [-0.3, -0.25) is 4.79 Å². The lowest BCUT2D eigenvalue weighted by atomic mass is 10.2. The summed E-state index contributed by atoms with van der Waals surface area (Å²) < 4.78 is 10.7. The summed E-state index contributed by atoms with van der Waals surface area (Å²) in [6.07, 6.45) is 0.394. The topological polar surface area (TPSA) is 63.0 Å². The molecule has 1 amide bonds. The molecule has 6 heteroatoms. The van der Waals surface area contributed by atoms with Crippen LogP contribution >= 0.6 is 0 Å². The lowest BCUT2D eigenvalue weighted by molar-refractivity contribution is 0.0239. The first kappa shape index (κ1) is 14.4. The highest BCUT2D eigenvalue weighted by atomic mass is 16.6. The molecule has 1 fully saturated rings. The van der Waals surface area contributed by atoms with E-state index in [1.54, 1.807) is 17.0 Å². The fraction of sp³-hybridized carbons (Fsp3) is 0.571. The van der Waals surface area contributed by atoms with Gasteiger partial charge in [0.1, 0.15) is 5.60 Å². The zero-order chi connectivity index (χ0) is 14.8. The molecule has 0 aromatic carbocycles. The molecule has 0 spiro atoms. The van der Waals surface area contributed by atoms with Crippen LogP contribution in [0.1, 0.15) is 31.3 Å². The van der Waals surface area contributed by atoms with Gasteiger partial charge in [0, 0.05) is 32.2 Å². The van der Waals surface area contributed by atoms with E-state index in [4.69, 9.17) is 9.15 Å². The van der Waals surface area contributed by atoms with Gasteiger partial charge in [-0.1, -0.05) is 0 Å². The molecule has 1 saturated heterocycles. The van der Waals surface area contributed by atoms with Crippen LogP contribution in [-0.4, -0.2) is 49.1 Å². The molecule has 0 unspecified atom stereocenters. The number of hydrogen-bond acceptors (Lipinski definition) is 5. The summed E-state index contributed by atoms with van der Waals surface area (Å²) in [6.45, 7) is 8.02. The molecule has 0 aliphatic carbocycles. The smallest absolute Gasteiger partial charge is 0.410 e. The van der Waals surface area contributed by atoms with Crippen molar-refractivity contribution in [2.45, 2.75) is 26.4 Å². The van der Waals surface area contributed by atoms with Crippen LogP contribution < -0.4 is 4.90 Å². The molecule has 1 aliphatic rings. The van der Waals surface area contributed by atoms with Gasteiger partial charge in [-0.25, -0.2) is 4.79 Å². The monoisotopic (exact) mass is 280 g/mol. The van der Waals surface area contributed by atoms with E-state index >= 15 is 0 Å². The highest BCUT2D eigenvalue weighted by Crippen LogP contribution is 2.20. The molecule has 1 aliphatic heterocycles. The van der Waals surface area contributed by atoms with E-state index in [9.17, 15) is 9.59 Å². The van der Waals surface area contributed by atoms with E-state index in [1.165, 1.54) is 0 Å². The molecule has 0 saturated carbocycles. The largest absolute Gasteiger partial charge is 0.444 e. The number of furan rings is 1. The zero-order valence-electron chi connectivity index (χ0n) is 12.1. The summed E-state index contributed by atoms with van der Waals surface area (Å²) in [7, 11) is 0. The third-order valence-electron chi connectivity index (χ3n) is 2.97. The highest BCUT2D eigenvalue weighted by molar-refractivity contribution is 5.71. The van der Waals surface area contributed by atoms with Crippen molar-refractivity contribution in [2.24, 2.45) is 0 Å². The molecule has 1 aromatic rings. The fourth-order valence-electron chi connectivity index (χ4n) is 2.01. The number of aldehydes is 1. The van der Waals surface area contributed by atoms with Gasteiger partial charge in [0.25, 0.3) is 0 Å². The average molecular weight is 280 g/mol. The van der Waals surface area contributed by atoms with Crippen molar-refractivity contribution in [1.82, 2.24) is 4.90 Å². The Bertz CT molecular complexity index is 482. The molecule has 1 aromatic heterocycles. The number of piperazine rings is 1. The number of hydrogen-bond donors (Lipinski definition) is 0. The van der Waals surface area contributed by atoms with Gasteiger partial charge < -0.3 is 19.0 Å². The summed E-state index contributed by atoms with van der Waals surface area (Å²) in [5, 5.41) is 0. The van der Waals surface area contributed by atoms with Gasteiger partial charge in [0.15, 0.2) is 17.9 Å². The molecule has 2 heterocycles. The van der Waals surface area contributed by atoms with Crippen LogP contribution in [0.4, 0.5) is 10.7 Å². The van der Waals surface area contributed by atoms with Crippen LogP contribution in [0, 0.1) is 0 Å². The Morgan fingerprint density at radius 3 is 2.40 bits per heavy atom. The van der Waals surface area contributed by atoms with E-state index in [-0.39, 0.29) is 6.09 Å². The van der Waals surface area contributed by atoms with Gasteiger partial charge in [-0.15, -0.1) is 0 Å². The van der Waals surface area contributed by atoms with Crippen LogP contribution in [0.15, 0.2) is 16.5 Å². The molecular weight excluding hydrogens is 260 g/mol. The summed E-state index contributed by atoms with van der Waals surface area (Å²) in [6, 6.07) is 3.41. The Balaban J connectivity index is 1.89. The maximum atomic E-state index is 11.9. The van der Waals surface area contributed by atoms with Crippen molar-refractivity contribution in [1.29, 1.82) is 0 Å². The van der Waals surface area contributed by atoms with Crippen LogP contribution in [0.3, 0.4) is 0 Å². The second kappa shape index (κ2) is 5.56. The highest BCUT2D eigenvalue weighted by Gasteiger charge is 2.26. The molecule has 0 atom stereocenters. The van der Waals surface area contributed by atoms with Gasteiger partial charge in [-0.2, -0.15) is 0 Å². The number of amides is 1. The van der Waals surface area contributed by atoms with Crippen molar-refractivity contribution in [3.8, 4) is 0 Å². The number of carbonyl (C=O) groups is 2. The molecule has 2 rings (SSSR count). The van der Waals surface area contributed by atoms with Crippen molar-refractivity contribution in [3.63, 3.8) is 0 Å². The summed E-state index contributed by atoms with van der Waals surface area (Å²) in [5.41, 5.74) is -0.478. The Morgan fingerprint density at radius 2 is 1.90 bits per heavy atom. The molecule has 20 heavy (non-hydrogen) atoms. The minimum absolute atomic E-state index is 0.287. The Labute approximate surface area is 118 Å². The molecule has 0 bridgehead atoms. The van der Waals surface area contributed by atoms with Crippen LogP contribution in [0.2, 0.25) is 0 Å². The number of ether oxygens (including phenoxy) is 1. The predicted molar refractivity (Wildman–Crippen MR) is 74.1 cm³/mol. The predicted octanol–water partition coefficient (Wildman–Crippen LogP) is 2.15. The van der Waals surface area contributed by atoms with Gasteiger partial charge in [-0.05, 0) is 26.8 Å². The van der Waals surface area contributed by atoms with Gasteiger partial charge in [0.2, 0.25) is 0 Å². The minimum Gasteiger partial charge on any atom is -0.444 e. The number of carbonyl (C=O) groups excluding carboxylic acids is 2. The number of nitrogens with zero attached hydrogens (tertiary/aromatic N) is 2. The maximum absolute atomic E-state index is 11.9. The fourth-order valence-corrected chi connectivity index (χ4v) is 2.01. The van der Waals surface area contributed by atoms with Crippen LogP contribution in [-0.2, 0) is 4.74 Å². The summed E-state index contributed by atoms with van der Waals surface area (Å²) >= 11 is 0. The minimum atomic E-state index is -0.478. The quantitative estimate of drug-likeness (QED) is 0.777. The van der Waals surface area contributed by atoms with Gasteiger partial charge in [0.05, 0.1) is 0 Å². The molecule has 6 nitrogen and oxygen atoms in total. The number of anilines is 1. The van der Waals surface area contributed by atoms with Crippen LogP contribution in [0.5, 0.6) is 0 Å². The Morgan fingerprint density at radius 1 is 1.25 bits per heavy atom. The van der Waals surface area contributed by atoms with E-state index < -0.39 is 5.60 Å². The third-order valence-corrected chi connectivity index (χ3v) is 2.97. The normalized spacial score (nSPS) is 16.1. The van der Waals surface area contributed by atoms with Gasteiger partial charge >= 0.3 is 6.09 Å². The Kier molecular flexibility index (Phi) is 4.01.